The predicted molar refractivity (Wildman–Crippen MR) is 106 cm³/mol. The van der Waals surface area contributed by atoms with Crippen molar-refractivity contribution < 1.29 is 26.9 Å². The molecule has 7 nitrogen and oxygen atoms in total. The van der Waals surface area contributed by atoms with Crippen molar-refractivity contribution in [2.24, 2.45) is 13.0 Å². The summed E-state index contributed by atoms with van der Waals surface area (Å²) in [6.07, 6.45) is -1.37. The van der Waals surface area contributed by atoms with Crippen LogP contribution in [-0.2, 0) is 24.4 Å². The van der Waals surface area contributed by atoms with E-state index in [9.17, 15) is 26.9 Å². The molecule has 0 spiro atoms. The molecule has 0 saturated carbocycles. The van der Waals surface area contributed by atoms with Crippen LogP contribution in [0.2, 0.25) is 0 Å². The van der Waals surface area contributed by atoms with Gasteiger partial charge in [-0.1, -0.05) is 0 Å². The van der Waals surface area contributed by atoms with Gasteiger partial charge < -0.3 is 14.8 Å². The van der Waals surface area contributed by atoms with Crippen LogP contribution in [0.1, 0.15) is 32.4 Å². The van der Waals surface area contributed by atoms with E-state index in [0.717, 1.165) is 16.9 Å². The lowest BCUT2D eigenvalue weighted by atomic mass is 9.86. The number of aryl methyl sites for hydroxylation is 1. The molecule has 0 aromatic carbocycles. The molecule has 2 amide bonds. The molecule has 2 aromatic rings. The van der Waals surface area contributed by atoms with Crippen molar-refractivity contribution in [2.75, 3.05) is 18.4 Å². The zero-order valence-corrected chi connectivity index (χ0v) is 18.1. The Morgan fingerprint density at radius 3 is 2.45 bits per heavy atom. The normalized spacial score (nSPS) is 17.0. The van der Waals surface area contributed by atoms with Crippen LogP contribution in [0.5, 0.6) is 0 Å². The van der Waals surface area contributed by atoms with E-state index in [4.69, 9.17) is 0 Å². The number of alkyl halides is 3. The number of amides is 2. The van der Waals surface area contributed by atoms with E-state index in [1.54, 1.807) is 18.7 Å². The predicted octanol–water partition coefficient (Wildman–Crippen LogP) is 3.80. The third-order valence-electron chi connectivity index (χ3n) is 5.49. The molecule has 2 aromatic heterocycles. The molecule has 0 bridgehead atoms. The monoisotopic (exact) mass is 461 g/mol. The van der Waals surface area contributed by atoms with Crippen LogP contribution in [0.3, 0.4) is 0 Å². The van der Waals surface area contributed by atoms with E-state index in [1.165, 1.54) is 19.3 Å². The maximum atomic E-state index is 13.3. The number of pyridine rings is 1. The molecule has 1 N–H and O–H groups in total. The number of aromatic nitrogens is 3. The number of halogens is 4. The molecular weight excluding hydrogens is 438 g/mol. The molecule has 1 atom stereocenters. The van der Waals surface area contributed by atoms with E-state index in [0.29, 0.717) is 31.6 Å². The average Bonchev–Trinajstić information content (AvgIpc) is 3.11. The highest BCUT2D eigenvalue weighted by atomic mass is 32.2. The molecule has 31 heavy (non-hydrogen) atoms. The Hall–Kier alpha value is -2.34. The van der Waals surface area contributed by atoms with Crippen molar-refractivity contribution in [1.29, 1.82) is 0 Å². The zero-order chi connectivity index (χ0) is 23.0. The Balaban J connectivity index is 1.65. The second-order valence-electron chi connectivity index (χ2n) is 7.95. The summed E-state index contributed by atoms with van der Waals surface area (Å²) in [5.74, 6) is -0.817. The van der Waals surface area contributed by atoms with Crippen LogP contribution in [0, 0.1) is 11.9 Å². The number of nitrogens with zero attached hydrogens (tertiary/aromatic N) is 4. The smallest absolute Gasteiger partial charge is 0.440 e. The number of nitrogens with one attached hydrogen (secondary N) is 1. The van der Waals surface area contributed by atoms with Gasteiger partial charge in [-0.2, -0.15) is 22.7 Å². The van der Waals surface area contributed by atoms with Crippen molar-refractivity contribution in [3.8, 4) is 0 Å². The third-order valence-corrected chi connectivity index (χ3v) is 7.47. The SMILES string of the molecule is Cn1cc([S+]([O-])C(C)(C)C2CCN(C(=O)Nc3ccc(F)nc3)CC2)c(C(F)(F)F)n1. The van der Waals surface area contributed by atoms with E-state index < -0.39 is 33.7 Å². The van der Waals surface area contributed by atoms with Gasteiger partial charge in [-0.05, 0) is 50.0 Å². The molecule has 170 valence electrons. The number of carbonyl (C=O) groups is 1. The maximum Gasteiger partial charge on any atom is 0.440 e. The molecule has 0 radical (unpaired) electrons. The zero-order valence-electron chi connectivity index (χ0n) is 17.2. The lowest BCUT2D eigenvalue weighted by Gasteiger charge is -2.40. The van der Waals surface area contributed by atoms with Gasteiger partial charge in [0.1, 0.15) is 4.75 Å². The lowest BCUT2D eigenvalue weighted by molar-refractivity contribution is -0.143. The molecule has 3 rings (SSSR count). The fourth-order valence-corrected chi connectivity index (χ4v) is 5.35. The van der Waals surface area contributed by atoms with E-state index in [1.807, 2.05) is 0 Å². The summed E-state index contributed by atoms with van der Waals surface area (Å²) < 4.78 is 66.0. The number of likely N-dealkylation sites (tertiary alicyclic amines) is 1. The van der Waals surface area contributed by atoms with Crippen LogP contribution >= 0.6 is 0 Å². The van der Waals surface area contributed by atoms with Crippen molar-refractivity contribution in [2.45, 2.75) is 42.5 Å². The number of hydrogen-bond donors (Lipinski definition) is 1. The maximum absolute atomic E-state index is 13.3. The van der Waals surface area contributed by atoms with Crippen molar-refractivity contribution in [3.63, 3.8) is 0 Å². The summed E-state index contributed by atoms with van der Waals surface area (Å²) in [5, 5.41) is 6.08. The minimum atomic E-state index is -4.70. The average molecular weight is 461 g/mol. The van der Waals surface area contributed by atoms with Crippen LogP contribution in [0.4, 0.5) is 28.0 Å². The minimum absolute atomic E-state index is 0.161. The van der Waals surface area contributed by atoms with Gasteiger partial charge in [-0.3, -0.25) is 4.68 Å². The molecule has 0 aliphatic carbocycles. The largest absolute Gasteiger partial charge is 0.611 e. The standard InChI is InChI=1S/C19H23F4N5O2S/c1-18(2,31(30)14-11-27(3)26-16(14)19(21,22)23)12-6-8-28(9-7-12)17(29)25-13-4-5-15(20)24-10-13/h4-5,10-12H,6-9H2,1-3H3,(H,25,29). The lowest BCUT2D eigenvalue weighted by Crippen LogP contribution is -2.48. The van der Waals surface area contributed by atoms with Gasteiger partial charge in [-0.25, -0.2) is 9.78 Å². The van der Waals surface area contributed by atoms with E-state index in [-0.39, 0.29) is 16.8 Å². The Labute approximate surface area is 180 Å². The second-order valence-corrected chi connectivity index (χ2v) is 9.98. The summed E-state index contributed by atoms with van der Waals surface area (Å²) in [7, 11) is 1.36. The number of carbonyl (C=O) groups excluding carboxylic acids is 1. The summed E-state index contributed by atoms with van der Waals surface area (Å²) in [6.45, 7) is 4.07. The summed E-state index contributed by atoms with van der Waals surface area (Å²) in [6, 6.07) is 2.15. The van der Waals surface area contributed by atoms with Crippen molar-refractivity contribution in [1.82, 2.24) is 19.7 Å². The first-order chi connectivity index (χ1) is 14.4. The molecular formula is C19H23F4N5O2S. The van der Waals surface area contributed by atoms with Crippen molar-refractivity contribution >= 4 is 22.9 Å². The third kappa shape index (κ3) is 5.12. The van der Waals surface area contributed by atoms with Crippen LogP contribution in [0.25, 0.3) is 0 Å². The summed E-state index contributed by atoms with van der Waals surface area (Å²) in [4.78, 5) is 17.1. The van der Waals surface area contributed by atoms with Gasteiger partial charge >= 0.3 is 12.2 Å². The first kappa shape index (κ1) is 23.3. The molecule has 1 aliphatic rings. The van der Waals surface area contributed by atoms with Gasteiger partial charge in [0, 0.05) is 26.1 Å². The van der Waals surface area contributed by atoms with Gasteiger partial charge in [0.15, 0.2) is 0 Å². The highest BCUT2D eigenvalue weighted by Crippen LogP contribution is 2.41. The molecule has 3 heterocycles. The van der Waals surface area contributed by atoms with Crippen LogP contribution in [0.15, 0.2) is 29.4 Å². The first-order valence-corrected chi connectivity index (χ1v) is 10.7. The first-order valence-electron chi connectivity index (χ1n) is 9.60. The second kappa shape index (κ2) is 8.65. The molecule has 12 heteroatoms. The molecule has 1 fully saturated rings. The Morgan fingerprint density at radius 2 is 1.90 bits per heavy atom. The molecule has 1 aliphatic heterocycles. The minimum Gasteiger partial charge on any atom is -0.611 e. The van der Waals surface area contributed by atoms with E-state index in [2.05, 4.69) is 15.4 Å². The summed E-state index contributed by atoms with van der Waals surface area (Å²) >= 11 is -1.95. The fourth-order valence-electron chi connectivity index (χ4n) is 3.66. The number of urea groups is 1. The Morgan fingerprint density at radius 1 is 1.26 bits per heavy atom. The highest BCUT2D eigenvalue weighted by Gasteiger charge is 2.49. The summed E-state index contributed by atoms with van der Waals surface area (Å²) in [5.41, 5.74) is -0.780. The van der Waals surface area contributed by atoms with Crippen LogP contribution in [-0.4, -0.2) is 48.1 Å². The fraction of sp³-hybridized carbons (Fsp3) is 0.526. The van der Waals surface area contributed by atoms with Crippen LogP contribution < -0.4 is 5.32 Å². The van der Waals surface area contributed by atoms with Gasteiger partial charge in [0.2, 0.25) is 16.5 Å². The number of rotatable bonds is 4. The molecule has 1 unspecified atom stereocenters. The van der Waals surface area contributed by atoms with Crippen molar-refractivity contribution in [3.05, 3.63) is 36.2 Å². The number of anilines is 1. The quantitative estimate of drug-likeness (QED) is 0.426. The Bertz CT molecular complexity index is 924. The van der Waals surface area contributed by atoms with Gasteiger partial charge in [0.05, 0.1) is 18.1 Å². The van der Waals surface area contributed by atoms with E-state index >= 15 is 0 Å². The highest BCUT2D eigenvalue weighted by molar-refractivity contribution is 7.92. The van der Waals surface area contributed by atoms with Gasteiger partial charge in [0.25, 0.3) is 0 Å². The number of hydrogen-bond acceptors (Lipinski definition) is 4. The topological polar surface area (TPSA) is 86.1 Å². The number of piperidine rings is 1. The van der Waals surface area contributed by atoms with Gasteiger partial charge in [-0.15, -0.1) is 0 Å². The molecule has 1 saturated heterocycles. The Kier molecular flexibility index (Phi) is 6.51.